The Bertz CT molecular complexity index is 681. The van der Waals surface area contributed by atoms with Crippen molar-refractivity contribution in [2.75, 3.05) is 14.2 Å². The highest BCUT2D eigenvalue weighted by molar-refractivity contribution is 7.69. The van der Waals surface area contributed by atoms with Crippen LogP contribution in [0.1, 0.15) is 34.1 Å². The van der Waals surface area contributed by atoms with Crippen LogP contribution in [0.4, 0.5) is 0 Å². The van der Waals surface area contributed by atoms with Crippen LogP contribution >= 0.6 is 7.92 Å². The van der Waals surface area contributed by atoms with Crippen LogP contribution in [0.2, 0.25) is 0 Å². The number of hydrogen-bond donors (Lipinski definition) is 0. The quantitative estimate of drug-likeness (QED) is 0.792. The van der Waals surface area contributed by atoms with Gasteiger partial charge in [-0.05, 0) is 39.8 Å². The van der Waals surface area contributed by atoms with E-state index < -0.39 is 24.8 Å². The molecule has 4 fully saturated rings. The van der Waals surface area contributed by atoms with E-state index in [9.17, 15) is 0 Å². The van der Waals surface area contributed by atoms with Crippen molar-refractivity contribution in [2.45, 2.75) is 56.4 Å². The number of rotatable bonds is 3. The second-order valence-corrected chi connectivity index (χ2v) is 10.0. The van der Waals surface area contributed by atoms with Crippen LogP contribution in [0.3, 0.4) is 0 Å². The van der Waals surface area contributed by atoms with Gasteiger partial charge in [-0.2, -0.15) is 0 Å². The van der Waals surface area contributed by atoms with Crippen molar-refractivity contribution in [2.24, 2.45) is 0 Å². The minimum Gasteiger partial charge on any atom is -0.497 e. The summed E-state index contributed by atoms with van der Waals surface area (Å²) in [4.78, 5) is 0. The van der Waals surface area contributed by atoms with Crippen LogP contribution in [-0.2, 0) is 14.2 Å². The molecule has 5 rings (SSSR count). The van der Waals surface area contributed by atoms with Crippen molar-refractivity contribution < 1.29 is 23.7 Å². The van der Waals surface area contributed by atoms with Gasteiger partial charge in [-0.3, -0.25) is 0 Å². The molecule has 0 N–H and O–H groups in total. The van der Waals surface area contributed by atoms with Crippen molar-refractivity contribution in [1.82, 2.24) is 0 Å². The van der Waals surface area contributed by atoms with Gasteiger partial charge in [0, 0.05) is 25.7 Å². The summed E-state index contributed by atoms with van der Waals surface area (Å²) >= 11 is 0. The molecule has 4 bridgehead atoms. The lowest BCUT2D eigenvalue weighted by Gasteiger charge is -2.46. The molecule has 126 valence electrons. The van der Waals surface area contributed by atoms with Gasteiger partial charge in [0.25, 0.3) is 0 Å². The maximum Gasteiger partial charge on any atom is 0.203 e. The van der Waals surface area contributed by atoms with Gasteiger partial charge < -0.3 is 23.7 Å². The van der Waals surface area contributed by atoms with E-state index in [1.165, 1.54) is 0 Å². The fourth-order valence-corrected chi connectivity index (χ4v) is 8.52. The van der Waals surface area contributed by atoms with Crippen molar-refractivity contribution in [3.63, 3.8) is 0 Å². The molecule has 0 aliphatic carbocycles. The van der Waals surface area contributed by atoms with Crippen molar-refractivity contribution in [1.29, 1.82) is 0 Å². The monoisotopic (exact) mass is 338 g/mol. The van der Waals surface area contributed by atoms with Gasteiger partial charge in [0.05, 0.1) is 14.2 Å². The van der Waals surface area contributed by atoms with Gasteiger partial charge in [0.1, 0.15) is 22.2 Å². The predicted molar refractivity (Wildman–Crippen MR) is 87.6 cm³/mol. The zero-order chi connectivity index (χ0) is 16.7. The minimum atomic E-state index is -0.814. The topological polar surface area (TPSA) is 46.2 Å². The van der Waals surface area contributed by atoms with Gasteiger partial charge in [0.15, 0.2) is 5.79 Å². The molecule has 4 aliphatic rings. The van der Waals surface area contributed by atoms with Crippen molar-refractivity contribution in [3.8, 4) is 11.5 Å². The summed E-state index contributed by atoms with van der Waals surface area (Å²) in [5.41, 5.74) is 0. The van der Waals surface area contributed by atoms with E-state index in [0.29, 0.717) is 6.42 Å². The summed E-state index contributed by atoms with van der Waals surface area (Å²) in [6.07, 6.45) is 0.714. The third-order valence-corrected chi connectivity index (χ3v) is 8.66. The Balaban J connectivity index is 1.88. The molecule has 0 aromatic heterocycles. The summed E-state index contributed by atoms with van der Waals surface area (Å²) in [5.74, 6) is 0.288. The molecule has 1 aromatic rings. The van der Waals surface area contributed by atoms with E-state index in [4.69, 9.17) is 23.7 Å². The van der Waals surface area contributed by atoms with Crippen LogP contribution in [0, 0.1) is 0 Å². The van der Waals surface area contributed by atoms with Crippen molar-refractivity contribution in [3.05, 3.63) is 18.2 Å². The lowest BCUT2D eigenvalue weighted by Crippen LogP contribution is -2.48. The first-order valence-electron chi connectivity index (χ1n) is 7.82. The molecule has 5 unspecified atom stereocenters. The van der Waals surface area contributed by atoms with E-state index in [-0.39, 0.29) is 5.34 Å². The minimum absolute atomic E-state index is 0.300. The molecule has 5 atom stereocenters. The molecular formula is C17H23O5P. The molecule has 5 nitrogen and oxygen atoms in total. The largest absolute Gasteiger partial charge is 0.497 e. The third-order valence-electron chi connectivity index (χ3n) is 5.26. The standard InChI is InChI=1S/C17H23O5P/c1-14-10-15(2)22-16(3,20-14)17(4,21-14)23(15)13-8-7-11(18-5)9-12(13)19-6/h7-9H,10H2,1-6H3. The lowest BCUT2D eigenvalue weighted by atomic mass is 10.1. The molecule has 23 heavy (non-hydrogen) atoms. The third kappa shape index (κ3) is 1.82. The molecule has 0 saturated carbocycles. The summed E-state index contributed by atoms with van der Waals surface area (Å²) < 4.78 is 30.0. The van der Waals surface area contributed by atoms with E-state index in [1.807, 2.05) is 26.0 Å². The van der Waals surface area contributed by atoms with Gasteiger partial charge in [0.2, 0.25) is 5.79 Å². The zero-order valence-corrected chi connectivity index (χ0v) is 15.3. The Morgan fingerprint density at radius 3 is 2.35 bits per heavy atom. The Morgan fingerprint density at radius 1 is 1.00 bits per heavy atom. The first-order valence-corrected chi connectivity index (χ1v) is 9.16. The Kier molecular flexibility index (Phi) is 2.99. The Hall–Kier alpha value is -0.870. The Labute approximate surface area is 137 Å². The van der Waals surface area contributed by atoms with Gasteiger partial charge in [-0.25, -0.2) is 0 Å². The molecule has 6 heteroatoms. The van der Waals surface area contributed by atoms with E-state index in [1.54, 1.807) is 14.2 Å². The molecular weight excluding hydrogens is 315 g/mol. The lowest BCUT2D eigenvalue weighted by molar-refractivity contribution is -0.320. The summed E-state index contributed by atoms with van der Waals surface area (Å²) in [6, 6.07) is 5.97. The van der Waals surface area contributed by atoms with Gasteiger partial charge in [-0.15, -0.1) is 0 Å². The van der Waals surface area contributed by atoms with Crippen LogP contribution in [0.15, 0.2) is 18.2 Å². The first-order chi connectivity index (χ1) is 10.7. The van der Waals surface area contributed by atoms with Gasteiger partial charge in [-0.1, -0.05) is 0 Å². The molecule has 4 aliphatic heterocycles. The SMILES string of the molecule is COc1ccc(P2C3(C)CC4(C)OC(C)(O3)C2(C)O4)c(OC)c1. The predicted octanol–water partition coefficient (Wildman–Crippen LogP) is 3.16. The summed E-state index contributed by atoms with van der Waals surface area (Å²) in [7, 11) is 2.53. The maximum atomic E-state index is 6.41. The molecule has 0 amide bonds. The molecule has 4 heterocycles. The number of ether oxygens (including phenoxy) is 5. The van der Waals surface area contributed by atoms with Crippen LogP contribution in [-0.4, -0.2) is 36.5 Å². The molecule has 0 radical (unpaired) electrons. The summed E-state index contributed by atoms with van der Waals surface area (Å²) in [6.45, 7) is 8.29. The average molecular weight is 338 g/mol. The van der Waals surface area contributed by atoms with E-state index in [0.717, 1.165) is 16.8 Å². The van der Waals surface area contributed by atoms with Gasteiger partial charge >= 0.3 is 0 Å². The number of methoxy groups -OCH3 is 2. The molecule has 4 saturated heterocycles. The maximum absolute atomic E-state index is 6.41. The average Bonchev–Trinajstić information content (AvgIpc) is 2.67. The highest BCUT2D eigenvalue weighted by atomic mass is 31.1. The van der Waals surface area contributed by atoms with E-state index >= 15 is 0 Å². The van der Waals surface area contributed by atoms with Crippen LogP contribution in [0.25, 0.3) is 0 Å². The number of benzene rings is 1. The molecule has 1 aromatic carbocycles. The van der Waals surface area contributed by atoms with Crippen LogP contribution < -0.4 is 14.8 Å². The highest BCUT2D eigenvalue weighted by Crippen LogP contribution is 2.80. The summed E-state index contributed by atoms with van der Waals surface area (Å²) in [5, 5.41) is 0.322. The Morgan fingerprint density at radius 2 is 1.74 bits per heavy atom. The van der Waals surface area contributed by atoms with Crippen molar-refractivity contribution >= 4 is 13.2 Å². The second-order valence-electron chi connectivity index (χ2n) is 7.09. The zero-order valence-electron chi connectivity index (χ0n) is 14.4. The highest BCUT2D eigenvalue weighted by Gasteiger charge is 2.80. The molecule has 0 spiro atoms. The fraction of sp³-hybridized carbons (Fsp3) is 0.647. The smallest absolute Gasteiger partial charge is 0.203 e. The normalized spacial score (nSPS) is 47.1. The first kappa shape index (κ1) is 15.6. The fourth-order valence-electron chi connectivity index (χ4n) is 4.56. The van der Waals surface area contributed by atoms with Crippen LogP contribution in [0.5, 0.6) is 11.5 Å². The second kappa shape index (κ2) is 4.40. The van der Waals surface area contributed by atoms with E-state index in [2.05, 4.69) is 19.9 Å². The number of hydrogen-bond acceptors (Lipinski definition) is 5.